The third-order valence-corrected chi connectivity index (χ3v) is 3.30. The summed E-state index contributed by atoms with van der Waals surface area (Å²) in [4.78, 5) is 14.3. The molecule has 0 aromatic carbocycles. The minimum absolute atomic E-state index is 0.0165. The Morgan fingerprint density at radius 3 is 2.72 bits per heavy atom. The van der Waals surface area contributed by atoms with Gasteiger partial charge in [0, 0.05) is 34.9 Å². The molecule has 0 radical (unpaired) electrons. The lowest BCUT2D eigenvalue weighted by atomic mass is 10.2. The molecular weight excluding hydrogens is 254 g/mol. The van der Waals surface area contributed by atoms with Gasteiger partial charge in [-0.2, -0.15) is 0 Å². The molecule has 0 saturated heterocycles. The number of anilines is 1. The lowest BCUT2D eigenvalue weighted by Gasteiger charge is -2.13. The van der Waals surface area contributed by atoms with E-state index in [0.717, 1.165) is 6.42 Å². The number of aryl methyl sites for hydroxylation is 1. The maximum atomic E-state index is 11.0. The van der Waals surface area contributed by atoms with Gasteiger partial charge >= 0.3 is 0 Å². The van der Waals surface area contributed by atoms with Crippen LogP contribution in [-0.2, 0) is 10.8 Å². The highest BCUT2D eigenvalue weighted by Gasteiger charge is 2.12. The van der Waals surface area contributed by atoms with E-state index in [-0.39, 0.29) is 11.7 Å². The molecule has 0 fully saturated rings. The average Bonchev–Trinajstić information content (AvgIpc) is 2.26. The van der Waals surface area contributed by atoms with Gasteiger partial charge in [0.05, 0.1) is 4.92 Å². The highest BCUT2D eigenvalue weighted by molar-refractivity contribution is 7.84. The summed E-state index contributed by atoms with van der Waals surface area (Å²) >= 11 is 0. The smallest absolute Gasteiger partial charge is 0.290 e. The minimum Gasteiger partial charge on any atom is -0.368 e. The van der Waals surface area contributed by atoms with E-state index < -0.39 is 15.7 Å². The number of nitrogens with one attached hydrogen (secondary N) is 1. The van der Waals surface area contributed by atoms with Crippen LogP contribution in [0.4, 0.5) is 11.5 Å². The number of hydrogen-bond acceptors (Lipinski definition) is 5. The van der Waals surface area contributed by atoms with Crippen molar-refractivity contribution in [2.45, 2.75) is 26.3 Å². The van der Waals surface area contributed by atoms with Gasteiger partial charge in [0.25, 0.3) is 5.69 Å². The SMILES string of the molecule is Cc1nc(NC(C)CCS(C)=O)ccc1[N+](=O)[O-]. The quantitative estimate of drug-likeness (QED) is 0.630. The first-order valence-corrected chi connectivity index (χ1v) is 7.31. The van der Waals surface area contributed by atoms with E-state index in [1.165, 1.54) is 6.07 Å². The molecule has 1 aromatic heterocycles. The topological polar surface area (TPSA) is 85.1 Å². The number of pyridine rings is 1. The molecule has 100 valence electrons. The molecule has 0 aliphatic rings. The molecule has 1 N–H and O–H groups in total. The Morgan fingerprint density at radius 1 is 1.56 bits per heavy atom. The molecular formula is C11H17N3O3S. The lowest BCUT2D eigenvalue weighted by Crippen LogP contribution is -2.18. The van der Waals surface area contributed by atoms with Crippen LogP contribution in [0.25, 0.3) is 0 Å². The van der Waals surface area contributed by atoms with Crippen molar-refractivity contribution in [3.63, 3.8) is 0 Å². The fourth-order valence-corrected chi connectivity index (χ4v) is 2.18. The average molecular weight is 271 g/mol. The second-order valence-corrected chi connectivity index (χ2v) is 5.72. The molecule has 1 heterocycles. The van der Waals surface area contributed by atoms with Crippen LogP contribution in [0.3, 0.4) is 0 Å². The molecule has 1 aromatic rings. The number of nitrogens with zero attached hydrogens (tertiary/aromatic N) is 2. The molecule has 1 rings (SSSR count). The highest BCUT2D eigenvalue weighted by Crippen LogP contribution is 2.18. The first kappa shape index (κ1) is 14.6. The molecule has 0 saturated carbocycles. The Hall–Kier alpha value is -1.50. The van der Waals surface area contributed by atoms with Crippen LogP contribution in [0.15, 0.2) is 12.1 Å². The molecule has 0 spiro atoms. The number of aromatic nitrogens is 1. The van der Waals surface area contributed by atoms with E-state index in [2.05, 4.69) is 10.3 Å². The van der Waals surface area contributed by atoms with Gasteiger partial charge in [-0.05, 0) is 26.3 Å². The second kappa shape index (κ2) is 6.44. The monoisotopic (exact) mass is 271 g/mol. The largest absolute Gasteiger partial charge is 0.368 e. The molecule has 0 aliphatic carbocycles. The van der Waals surface area contributed by atoms with E-state index in [4.69, 9.17) is 0 Å². The molecule has 0 bridgehead atoms. The van der Waals surface area contributed by atoms with Crippen molar-refractivity contribution in [1.29, 1.82) is 0 Å². The Morgan fingerprint density at radius 2 is 2.22 bits per heavy atom. The van der Waals surface area contributed by atoms with E-state index in [9.17, 15) is 14.3 Å². The first-order valence-electron chi connectivity index (χ1n) is 5.58. The van der Waals surface area contributed by atoms with Crippen molar-refractivity contribution >= 4 is 22.3 Å². The fourth-order valence-electron chi connectivity index (χ4n) is 1.49. The van der Waals surface area contributed by atoms with Gasteiger partial charge in [-0.15, -0.1) is 0 Å². The Kier molecular flexibility index (Phi) is 5.21. The summed E-state index contributed by atoms with van der Waals surface area (Å²) in [6, 6.07) is 3.15. The van der Waals surface area contributed by atoms with Crippen LogP contribution >= 0.6 is 0 Å². The van der Waals surface area contributed by atoms with E-state index in [1.807, 2.05) is 6.92 Å². The maximum Gasteiger partial charge on any atom is 0.290 e. The molecule has 6 nitrogen and oxygen atoms in total. The Balaban J connectivity index is 2.65. The van der Waals surface area contributed by atoms with Gasteiger partial charge in [-0.3, -0.25) is 14.3 Å². The van der Waals surface area contributed by atoms with Gasteiger partial charge in [0.2, 0.25) is 0 Å². The third-order valence-electron chi connectivity index (χ3n) is 2.49. The predicted molar refractivity (Wildman–Crippen MR) is 72.3 cm³/mol. The summed E-state index contributed by atoms with van der Waals surface area (Å²) < 4.78 is 11.0. The molecule has 18 heavy (non-hydrogen) atoms. The summed E-state index contributed by atoms with van der Waals surface area (Å²) in [7, 11) is -0.808. The Labute approximate surface area is 108 Å². The van der Waals surface area contributed by atoms with E-state index in [0.29, 0.717) is 17.3 Å². The summed E-state index contributed by atoms with van der Waals surface area (Å²) in [5, 5.41) is 13.8. The van der Waals surface area contributed by atoms with E-state index >= 15 is 0 Å². The van der Waals surface area contributed by atoms with Crippen molar-refractivity contribution in [2.24, 2.45) is 0 Å². The van der Waals surface area contributed by atoms with Crippen molar-refractivity contribution in [2.75, 3.05) is 17.3 Å². The highest BCUT2D eigenvalue weighted by atomic mass is 32.2. The summed E-state index contributed by atoms with van der Waals surface area (Å²) in [6.07, 6.45) is 2.43. The van der Waals surface area contributed by atoms with Crippen molar-refractivity contribution in [3.05, 3.63) is 27.9 Å². The lowest BCUT2D eigenvalue weighted by molar-refractivity contribution is -0.385. The van der Waals surface area contributed by atoms with Crippen LogP contribution in [0.5, 0.6) is 0 Å². The standard InChI is InChI=1S/C11H17N3O3S/c1-8(6-7-18(3)17)12-11-5-4-10(14(15)16)9(2)13-11/h4-5,8H,6-7H2,1-3H3,(H,12,13). The maximum absolute atomic E-state index is 11.0. The van der Waals surface area contributed by atoms with Gasteiger partial charge < -0.3 is 5.32 Å². The van der Waals surface area contributed by atoms with Crippen LogP contribution in [0, 0.1) is 17.0 Å². The predicted octanol–water partition coefficient (Wildman–Crippen LogP) is 1.87. The van der Waals surface area contributed by atoms with Gasteiger partial charge in [0.1, 0.15) is 11.5 Å². The normalized spacial score (nSPS) is 13.9. The van der Waals surface area contributed by atoms with Crippen LogP contribution < -0.4 is 5.32 Å². The zero-order valence-electron chi connectivity index (χ0n) is 10.7. The van der Waals surface area contributed by atoms with Crippen LogP contribution in [0.2, 0.25) is 0 Å². The molecule has 7 heteroatoms. The zero-order chi connectivity index (χ0) is 13.7. The van der Waals surface area contributed by atoms with Crippen molar-refractivity contribution in [1.82, 2.24) is 4.98 Å². The second-order valence-electron chi connectivity index (χ2n) is 4.17. The van der Waals surface area contributed by atoms with Crippen molar-refractivity contribution in [3.8, 4) is 0 Å². The van der Waals surface area contributed by atoms with Gasteiger partial charge in [0.15, 0.2) is 0 Å². The minimum atomic E-state index is -0.808. The third kappa shape index (κ3) is 4.40. The number of nitro groups is 1. The van der Waals surface area contributed by atoms with Crippen LogP contribution in [-0.4, -0.2) is 32.2 Å². The molecule has 2 unspecified atom stereocenters. The molecule has 0 aliphatic heterocycles. The zero-order valence-corrected chi connectivity index (χ0v) is 11.5. The summed E-state index contributed by atoms with van der Waals surface area (Å²) in [5.41, 5.74) is 0.402. The molecule has 2 atom stereocenters. The Bertz CT molecular complexity index is 465. The van der Waals surface area contributed by atoms with Crippen molar-refractivity contribution < 1.29 is 9.13 Å². The molecule has 0 amide bonds. The number of hydrogen-bond donors (Lipinski definition) is 1. The van der Waals surface area contributed by atoms with E-state index in [1.54, 1.807) is 19.2 Å². The van der Waals surface area contributed by atoms with Crippen LogP contribution in [0.1, 0.15) is 19.0 Å². The summed E-state index contributed by atoms with van der Waals surface area (Å²) in [6.45, 7) is 3.57. The van der Waals surface area contributed by atoms with Gasteiger partial charge in [-0.25, -0.2) is 4.98 Å². The first-order chi connectivity index (χ1) is 8.40. The summed E-state index contributed by atoms with van der Waals surface area (Å²) in [5.74, 6) is 1.23. The number of rotatable bonds is 6. The fraction of sp³-hybridized carbons (Fsp3) is 0.545. The van der Waals surface area contributed by atoms with Gasteiger partial charge in [-0.1, -0.05) is 0 Å².